The first-order chi connectivity index (χ1) is 10.2. The predicted octanol–water partition coefficient (Wildman–Crippen LogP) is 2.11. The van der Waals surface area contributed by atoms with Gasteiger partial charge in [0.2, 0.25) is 0 Å². The van der Waals surface area contributed by atoms with Crippen molar-refractivity contribution in [1.82, 2.24) is 21.3 Å². The second-order valence-corrected chi connectivity index (χ2v) is 6.22. The Morgan fingerprint density at radius 3 is 1.33 bits per heavy atom. The number of unbranched alkanes of at least 4 members (excludes halogenated alkanes) is 4. The highest BCUT2D eigenvalue weighted by atomic mass is 14.9. The first-order valence-electron chi connectivity index (χ1n) is 8.96. The molecule has 21 heavy (non-hydrogen) atoms. The van der Waals surface area contributed by atoms with Gasteiger partial charge < -0.3 is 21.3 Å². The molecule has 0 radical (unpaired) electrons. The molecule has 4 N–H and O–H groups in total. The van der Waals surface area contributed by atoms with Crippen LogP contribution in [0.15, 0.2) is 0 Å². The molecule has 0 unspecified atom stereocenters. The van der Waals surface area contributed by atoms with Crippen LogP contribution in [0.5, 0.6) is 0 Å². The van der Waals surface area contributed by atoms with Gasteiger partial charge in [-0.3, -0.25) is 0 Å². The van der Waals surface area contributed by atoms with Crippen molar-refractivity contribution in [2.24, 2.45) is 0 Å². The van der Waals surface area contributed by atoms with E-state index in [-0.39, 0.29) is 0 Å². The molecular formula is C17H40N4. The Kier molecular flexibility index (Phi) is 16.1. The lowest BCUT2D eigenvalue weighted by atomic mass is 10.1. The van der Waals surface area contributed by atoms with E-state index in [1.165, 1.54) is 58.0 Å². The molecule has 0 aromatic heterocycles. The van der Waals surface area contributed by atoms with Crippen LogP contribution in [0.4, 0.5) is 0 Å². The van der Waals surface area contributed by atoms with Crippen LogP contribution in [0, 0.1) is 0 Å². The van der Waals surface area contributed by atoms with Gasteiger partial charge in [0.05, 0.1) is 0 Å². The minimum atomic E-state index is 0.626. The van der Waals surface area contributed by atoms with Crippen molar-refractivity contribution < 1.29 is 0 Å². The molecule has 0 rings (SSSR count). The molecule has 4 nitrogen and oxygen atoms in total. The van der Waals surface area contributed by atoms with Crippen LogP contribution < -0.4 is 21.3 Å². The SMILES string of the molecule is CN[C@H](C)CCNCCCCCCCNCC[C@@H](C)NC. The fraction of sp³-hybridized carbons (Fsp3) is 1.00. The zero-order chi connectivity index (χ0) is 15.8. The zero-order valence-electron chi connectivity index (χ0n) is 14.9. The topological polar surface area (TPSA) is 48.1 Å². The van der Waals surface area contributed by atoms with Gasteiger partial charge in [0.1, 0.15) is 0 Å². The Morgan fingerprint density at radius 2 is 0.952 bits per heavy atom. The molecule has 0 saturated carbocycles. The van der Waals surface area contributed by atoms with Crippen LogP contribution in [-0.2, 0) is 0 Å². The summed E-state index contributed by atoms with van der Waals surface area (Å²) in [4.78, 5) is 0. The fourth-order valence-electron chi connectivity index (χ4n) is 2.21. The Morgan fingerprint density at radius 1 is 0.571 bits per heavy atom. The van der Waals surface area contributed by atoms with E-state index in [4.69, 9.17) is 0 Å². The molecule has 0 bridgehead atoms. The molecule has 2 atom stereocenters. The molecule has 0 aliphatic rings. The lowest BCUT2D eigenvalue weighted by molar-refractivity contribution is 0.503. The molecule has 0 aromatic rings. The van der Waals surface area contributed by atoms with E-state index >= 15 is 0 Å². The van der Waals surface area contributed by atoms with Crippen molar-refractivity contribution in [3.05, 3.63) is 0 Å². The minimum absolute atomic E-state index is 0.626. The third-order valence-electron chi connectivity index (χ3n) is 4.20. The van der Waals surface area contributed by atoms with E-state index in [1.807, 2.05) is 14.1 Å². The van der Waals surface area contributed by atoms with E-state index < -0.39 is 0 Å². The van der Waals surface area contributed by atoms with Crippen molar-refractivity contribution in [3.8, 4) is 0 Å². The van der Waals surface area contributed by atoms with E-state index in [0.717, 1.165) is 13.1 Å². The van der Waals surface area contributed by atoms with Gasteiger partial charge in [-0.2, -0.15) is 0 Å². The van der Waals surface area contributed by atoms with E-state index in [0.29, 0.717) is 12.1 Å². The van der Waals surface area contributed by atoms with Crippen LogP contribution in [0.3, 0.4) is 0 Å². The smallest absolute Gasteiger partial charge is 0.00478 e. The highest BCUT2D eigenvalue weighted by Crippen LogP contribution is 2.01. The van der Waals surface area contributed by atoms with Crippen LogP contribution in [-0.4, -0.2) is 52.4 Å². The summed E-state index contributed by atoms with van der Waals surface area (Å²) >= 11 is 0. The van der Waals surface area contributed by atoms with Crippen molar-refractivity contribution in [2.75, 3.05) is 40.3 Å². The zero-order valence-corrected chi connectivity index (χ0v) is 14.9. The van der Waals surface area contributed by atoms with Gasteiger partial charge in [-0.15, -0.1) is 0 Å². The van der Waals surface area contributed by atoms with Crippen molar-refractivity contribution in [2.45, 2.75) is 70.9 Å². The number of rotatable bonds is 16. The molecular weight excluding hydrogens is 260 g/mol. The average molecular weight is 301 g/mol. The summed E-state index contributed by atoms with van der Waals surface area (Å²) in [7, 11) is 4.06. The third-order valence-corrected chi connectivity index (χ3v) is 4.20. The Hall–Kier alpha value is -0.160. The fourth-order valence-corrected chi connectivity index (χ4v) is 2.21. The standard InChI is InChI=1S/C17H40N4/c1-16(18-3)10-14-20-12-8-6-5-7-9-13-21-15-11-17(2)19-4/h16-21H,5-15H2,1-4H3/t16-,17-/m1/s1. The van der Waals surface area contributed by atoms with Gasteiger partial charge in [0.25, 0.3) is 0 Å². The van der Waals surface area contributed by atoms with Crippen LogP contribution >= 0.6 is 0 Å². The average Bonchev–Trinajstić information content (AvgIpc) is 2.51. The van der Waals surface area contributed by atoms with Crippen LogP contribution in [0.2, 0.25) is 0 Å². The maximum absolute atomic E-state index is 3.53. The largest absolute Gasteiger partial charge is 0.317 e. The molecule has 0 aliphatic heterocycles. The third kappa shape index (κ3) is 16.0. The minimum Gasteiger partial charge on any atom is -0.317 e. The van der Waals surface area contributed by atoms with Gasteiger partial charge >= 0.3 is 0 Å². The Bertz CT molecular complexity index is 179. The van der Waals surface area contributed by atoms with E-state index in [1.54, 1.807) is 0 Å². The first-order valence-corrected chi connectivity index (χ1v) is 8.96. The molecule has 0 fully saturated rings. The van der Waals surface area contributed by atoms with E-state index in [9.17, 15) is 0 Å². The second-order valence-electron chi connectivity index (χ2n) is 6.22. The highest BCUT2D eigenvalue weighted by molar-refractivity contribution is 4.60. The lowest BCUT2D eigenvalue weighted by Crippen LogP contribution is -2.27. The molecule has 4 heteroatoms. The number of hydrogen-bond acceptors (Lipinski definition) is 4. The maximum Gasteiger partial charge on any atom is 0.00478 e. The molecule has 0 amide bonds. The van der Waals surface area contributed by atoms with Gasteiger partial charge in [-0.25, -0.2) is 0 Å². The van der Waals surface area contributed by atoms with Gasteiger partial charge in [-0.05, 0) is 79.8 Å². The summed E-state index contributed by atoms with van der Waals surface area (Å²) in [6, 6.07) is 1.25. The number of hydrogen-bond donors (Lipinski definition) is 4. The maximum atomic E-state index is 3.53. The van der Waals surface area contributed by atoms with Gasteiger partial charge in [-0.1, -0.05) is 19.3 Å². The van der Waals surface area contributed by atoms with Crippen molar-refractivity contribution in [3.63, 3.8) is 0 Å². The van der Waals surface area contributed by atoms with Crippen molar-refractivity contribution >= 4 is 0 Å². The second kappa shape index (κ2) is 16.2. The predicted molar refractivity (Wildman–Crippen MR) is 95.1 cm³/mol. The lowest BCUT2D eigenvalue weighted by Gasteiger charge is -2.11. The first kappa shape index (κ1) is 20.8. The monoisotopic (exact) mass is 300 g/mol. The van der Waals surface area contributed by atoms with Crippen molar-refractivity contribution in [1.29, 1.82) is 0 Å². The summed E-state index contributed by atoms with van der Waals surface area (Å²) in [6.07, 6.45) is 9.19. The Balaban J connectivity index is 3.03. The van der Waals surface area contributed by atoms with E-state index in [2.05, 4.69) is 35.1 Å². The number of nitrogens with one attached hydrogen (secondary N) is 4. The molecule has 0 aliphatic carbocycles. The van der Waals surface area contributed by atoms with Crippen LogP contribution in [0.1, 0.15) is 58.8 Å². The highest BCUT2D eigenvalue weighted by Gasteiger charge is 1.97. The Labute approximate surface area is 133 Å². The molecule has 0 aromatic carbocycles. The summed E-state index contributed by atoms with van der Waals surface area (Å²) in [5.41, 5.74) is 0. The van der Waals surface area contributed by atoms with Gasteiger partial charge in [0.15, 0.2) is 0 Å². The molecule has 0 spiro atoms. The summed E-state index contributed by atoms with van der Waals surface area (Å²) < 4.78 is 0. The molecule has 128 valence electrons. The quantitative estimate of drug-likeness (QED) is 0.330. The summed E-state index contributed by atoms with van der Waals surface area (Å²) in [5.74, 6) is 0. The molecule has 0 saturated heterocycles. The van der Waals surface area contributed by atoms with Gasteiger partial charge in [0, 0.05) is 12.1 Å². The van der Waals surface area contributed by atoms with Crippen LogP contribution in [0.25, 0.3) is 0 Å². The molecule has 0 heterocycles. The summed E-state index contributed by atoms with van der Waals surface area (Å²) in [6.45, 7) is 9.09. The normalized spacial score (nSPS) is 14.3. The summed E-state index contributed by atoms with van der Waals surface area (Å²) in [5, 5.41) is 13.6.